The third-order valence-electron chi connectivity index (χ3n) is 9.67. The van der Waals surface area contributed by atoms with Crippen LogP contribution in [-0.2, 0) is 29.0 Å². The van der Waals surface area contributed by atoms with E-state index in [0.717, 1.165) is 49.2 Å². The van der Waals surface area contributed by atoms with Gasteiger partial charge in [-0.15, -0.1) is 0 Å². The molecule has 4 unspecified atom stereocenters. The molecule has 290 valence electrons. The molecule has 1 aliphatic rings. The zero-order chi connectivity index (χ0) is 38.9. The fourth-order valence-electron chi connectivity index (χ4n) is 6.35. The molecule has 1 aliphatic carbocycles. The van der Waals surface area contributed by atoms with Crippen molar-refractivity contribution in [3.63, 3.8) is 0 Å². The molecule has 5 rings (SSSR count). The molecule has 2 aromatic heterocycles. The van der Waals surface area contributed by atoms with E-state index in [1.54, 1.807) is 12.3 Å². The van der Waals surface area contributed by atoms with Crippen molar-refractivity contribution in [1.29, 1.82) is 0 Å². The first kappa shape index (κ1) is 42.0. The van der Waals surface area contributed by atoms with Crippen molar-refractivity contribution in [3.05, 3.63) is 119 Å². The molecule has 4 atom stereocenters. The van der Waals surface area contributed by atoms with Gasteiger partial charge in [0, 0.05) is 43.1 Å². The van der Waals surface area contributed by atoms with Gasteiger partial charge in [-0.1, -0.05) is 69.2 Å². The van der Waals surface area contributed by atoms with Gasteiger partial charge in [0.25, 0.3) is 0 Å². The highest BCUT2D eigenvalue weighted by atomic mass is 19.1. The van der Waals surface area contributed by atoms with Crippen LogP contribution in [0.5, 0.6) is 0 Å². The summed E-state index contributed by atoms with van der Waals surface area (Å²) in [5.74, 6) is -1.12. The largest absolute Gasteiger partial charge is 0.384 e. The zero-order valence-electron chi connectivity index (χ0n) is 32.1. The van der Waals surface area contributed by atoms with Gasteiger partial charge >= 0.3 is 0 Å². The fourth-order valence-corrected chi connectivity index (χ4v) is 6.35. The molecule has 0 aliphatic heterocycles. The van der Waals surface area contributed by atoms with Crippen LogP contribution in [0.1, 0.15) is 101 Å². The lowest BCUT2D eigenvalue weighted by atomic mass is 9.92. The van der Waals surface area contributed by atoms with Crippen LogP contribution in [0.4, 0.5) is 20.4 Å². The van der Waals surface area contributed by atoms with Gasteiger partial charge in [-0.2, -0.15) is 0 Å². The standard InChI is InChI=1S/C30H36F2N4O2.C13H21N3/c1-4-8-27(35-29(37)16-23-14-25(31)17-26(32)15-23)30(38)36-28-12-11-24(19-34-28)20(2)13-21(3)33-18-22-9-6-5-7-10-22;1-10(16-12-3-2-4-12)5-6-11-7-8-13(14)15-9-11/h5-7,9-12,14-15,17,19-21,27,33H,4,8,13,16,18H2,1-3H3,(H,35,37)(H,34,36,38);7-10,12,16H,2-6H2,1H3,(H2,14,15). The molecule has 54 heavy (non-hydrogen) atoms. The predicted octanol–water partition coefficient (Wildman–Crippen LogP) is 7.62. The Morgan fingerprint density at radius 3 is 2.20 bits per heavy atom. The smallest absolute Gasteiger partial charge is 0.248 e. The lowest BCUT2D eigenvalue weighted by molar-refractivity contribution is -0.126. The molecule has 9 nitrogen and oxygen atoms in total. The highest BCUT2D eigenvalue weighted by Gasteiger charge is 2.22. The number of halogens is 2. The number of rotatable bonds is 18. The van der Waals surface area contributed by atoms with Crippen molar-refractivity contribution in [1.82, 2.24) is 25.9 Å². The lowest BCUT2D eigenvalue weighted by Gasteiger charge is -2.30. The number of carbonyl (C=O) groups is 2. The van der Waals surface area contributed by atoms with Crippen LogP contribution >= 0.6 is 0 Å². The number of nitrogens with one attached hydrogen (secondary N) is 4. The van der Waals surface area contributed by atoms with Gasteiger partial charge in [0.2, 0.25) is 11.8 Å². The summed E-state index contributed by atoms with van der Waals surface area (Å²) in [6.45, 7) is 9.29. The van der Waals surface area contributed by atoms with Crippen molar-refractivity contribution in [2.24, 2.45) is 0 Å². The second-order valence-electron chi connectivity index (χ2n) is 14.6. The normalized spacial score (nSPS) is 14.8. The quantitative estimate of drug-likeness (QED) is 0.0709. The van der Waals surface area contributed by atoms with Gasteiger partial charge in [-0.05, 0) is 105 Å². The Morgan fingerprint density at radius 2 is 1.59 bits per heavy atom. The first-order valence-electron chi connectivity index (χ1n) is 19.2. The van der Waals surface area contributed by atoms with E-state index in [1.165, 1.54) is 36.8 Å². The Bertz CT molecular complexity index is 1700. The van der Waals surface area contributed by atoms with Gasteiger partial charge in [-0.3, -0.25) is 9.59 Å². The summed E-state index contributed by atoms with van der Waals surface area (Å²) in [6.07, 6.45) is 11.8. The Kier molecular flexibility index (Phi) is 17.0. The van der Waals surface area contributed by atoms with Crippen LogP contribution < -0.4 is 27.0 Å². The van der Waals surface area contributed by atoms with E-state index < -0.39 is 29.5 Å². The van der Waals surface area contributed by atoms with Crippen LogP contribution in [0.3, 0.4) is 0 Å². The monoisotopic (exact) mass is 741 g/mol. The van der Waals surface area contributed by atoms with Crippen molar-refractivity contribution in [2.45, 2.75) is 122 Å². The summed E-state index contributed by atoms with van der Waals surface area (Å²) in [4.78, 5) is 33.8. The molecular formula is C43H57F2N7O2. The fraction of sp³-hybridized carbons (Fsp3) is 0.442. The molecule has 0 bridgehead atoms. The van der Waals surface area contributed by atoms with Crippen LogP contribution in [0.2, 0.25) is 0 Å². The second kappa shape index (κ2) is 21.8. The summed E-state index contributed by atoms with van der Waals surface area (Å²) < 4.78 is 26.9. The number of anilines is 2. The summed E-state index contributed by atoms with van der Waals surface area (Å²) in [5.41, 5.74) is 9.34. The number of aromatic nitrogens is 2. The van der Waals surface area contributed by atoms with E-state index >= 15 is 0 Å². The molecule has 0 saturated heterocycles. The average molecular weight is 742 g/mol. The van der Waals surface area contributed by atoms with E-state index in [0.29, 0.717) is 36.6 Å². The van der Waals surface area contributed by atoms with Gasteiger partial charge in [-0.25, -0.2) is 18.7 Å². The van der Waals surface area contributed by atoms with E-state index in [2.05, 4.69) is 70.2 Å². The third kappa shape index (κ3) is 14.9. The Labute approximate surface area is 319 Å². The summed E-state index contributed by atoms with van der Waals surface area (Å²) in [6, 6.07) is 21.8. The number of benzene rings is 2. The van der Waals surface area contributed by atoms with E-state index in [9.17, 15) is 18.4 Å². The SMILES string of the molecule is CC(CCc1ccc(N)nc1)NC1CCC1.CCCC(NC(=O)Cc1cc(F)cc(F)c1)C(=O)Nc1ccc(C(C)CC(C)NCc2ccccc2)cn1. The highest BCUT2D eigenvalue weighted by Crippen LogP contribution is 2.22. The first-order chi connectivity index (χ1) is 26.0. The zero-order valence-corrected chi connectivity index (χ0v) is 32.1. The molecule has 2 amide bonds. The van der Waals surface area contributed by atoms with Gasteiger partial charge < -0.3 is 27.0 Å². The number of amides is 2. The molecular weight excluding hydrogens is 685 g/mol. The maximum absolute atomic E-state index is 13.4. The second-order valence-corrected chi connectivity index (χ2v) is 14.6. The number of nitrogens with zero attached hydrogens (tertiary/aromatic N) is 2. The molecule has 1 fully saturated rings. The number of aryl methyl sites for hydroxylation is 1. The first-order valence-corrected chi connectivity index (χ1v) is 19.2. The van der Waals surface area contributed by atoms with Gasteiger partial charge in [0.15, 0.2) is 0 Å². The third-order valence-corrected chi connectivity index (χ3v) is 9.67. The van der Waals surface area contributed by atoms with Crippen LogP contribution in [0.15, 0.2) is 85.2 Å². The topological polar surface area (TPSA) is 134 Å². The highest BCUT2D eigenvalue weighted by molar-refractivity contribution is 5.96. The minimum Gasteiger partial charge on any atom is -0.384 e. The number of nitrogens with two attached hydrogens (primary N) is 1. The summed E-state index contributed by atoms with van der Waals surface area (Å²) >= 11 is 0. The number of hydrogen-bond donors (Lipinski definition) is 5. The minimum atomic E-state index is -0.789. The summed E-state index contributed by atoms with van der Waals surface area (Å²) in [5, 5.41) is 12.6. The van der Waals surface area contributed by atoms with E-state index in [-0.39, 0.29) is 17.9 Å². The van der Waals surface area contributed by atoms with Crippen molar-refractivity contribution in [3.8, 4) is 0 Å². The predicted molar refractivity (Wildman–Crippen MR) is 213 cm³/mol. The Morgan fingerprint density at radius 1 is 0.852 bits per heavy atom. The van der Waals surface area contributed by atoms with Crippen LogP contribution in [-0.4, -0.2) is 45.9 Å². The lowest BCUT2D eigenvalue weighted by Crippen LogP contribution is -2.44. The van der Waals surface area contributed by atoms with Gasteiger partial charge in [0.1, 0.15) is 29.3 Å². The van der Waals surface area contributed by atoms with Crippen LogP contribution in [0.25, 0.3) is 0 Å². The van der Waals surface area contributed by atoms with E-state index in [4.69, 9.17) is 5.73 Å². The maximum atomic E-state index is 13.4. The van der Waals surface area contributed by atoms with Crippen molar-refractivity contribution < 1.29 is 18.4 Å². The van der Waals surface area contributed by atoms with Gasteiger partial charge in [0.05, 0.1) is 6.42 Å². The van der Waals surface area contributed by atoms with Crippen molar-refractivity contribution in [2.75, 3.05) is 11.1 Å². The molecule has 6 N–H and O–H groups in total. The number of hydrogen-bond acceptors (Lipinski definition) is 7. The molecule has 2 aromatic carbocycles. The molecule has 1 saturated carbocycles. The molecule has 2 heterocycles. The van der Waals surface area contributed by atoms with E-state index in [1.807, 2.05) is 43.5 Å². The summed E-state index contributed by atoms with van der Waals surface area (Å²) in [7, 11) is 0. The van der Waals surface area contributed by atoms with Crippen molar-refractivity contribution >= 4 is 23.5 Å². The molecule has 11 heteroatoms. The average Bonchev–Trinajstić information content (AvgIpc) is 3.12. The Balaban J connectivity index is 0.000000336. The molecule has 0 spiro atoms. The number of pyridine rings is 2. The maximum Gasteiger partial charge on any atom is 0.248 e. The molecule has 0 radical (unpaired) electrons. The number of nitrogen functional groups attached to an aromatic ring is 1. The minimum absolute atomic E-state index is 0.201. The number of carbonyl (C=O) groups excluding carboxylic acids is 2. The molecule has 4 aromatic rings. The van der Waals surface area contributed by atoms with Crippen LogP contribution in [0, 0.1) is 11.6 Å². The Hall–Kier alpha value is -4.74.